The highest BCUT2D eigenvalue weighted by atomic mass is 31.1. The Labute approximate surface area is 182 Å². The number of anilines is 1. The van der Waals surface area contributed by atoms with E-state index >= 15 is 0 Å². The molecule has 2 unspecified atom stereocenters. The van der Waals surface area contributed by atoms with Crippen molar-refractivity contribution in [2.75, 3.05) is 12.3 Å². The molecule has 2 heterocycles. The summed E-state index contributed by atoms with van der Waals surface area (Å²) in [6.07, 6.45) is -2.97. The average molecular weight is 463 g/mol. The monoisotopic (exact) mass is 463 g/mol. The third kappa shape index (κ3) is 5.34. The molecule has 0 aliphatic carbocycles. The molecule has 12 nitrogen and oxygen atoms in total. The summed E-state index contributed by atoms with van der Waals surface area (Å²) in [4.78, 5) is 35.5. The van der Waals surface area contributed by atoms with Gasteiger partial charge in [-0.1, -0.05) is 12.1 Å². The third-order valence-electron chi connectivity index (χ3n) is 4.83. The quantitative estimate of drug-likeness (QED) is 0.345. The van der Waals surface area contributed by atoms with E-state index in [1.54, 1.807) is 24.3 Å². The molecule has 0 saturated carbocycles. The average Bonchev–Trinajstić information content (AvgIpc) is 3.06. The van der Waals surface area contributed by atoms with E-state index in [0.29, 0.717) is 17.6 Å². The van der Waals surface area contributed by atoms with Gasteiger partial charge in [0.15, 0.2) is 12.3 Å². The Hall–Kier alpha value is -3.20. The number of hydrogen-bond donors (Lipinski definition) is 3. The molecule has 13 heteroatoms. The number of nitrogens with two attached hydrogens (primary N) is 1. The van der Waals surface area contributed by atoms with Crippen LogP contribution in [0.3, 0.4) is 0 Å². The van der Waals surface area contributed by atoms with E-state index in [-0.39, 0.29) is 18.8 Å². The molecule has 1 saturated heterocycles. The summed E-state index contributed by atoms with van der Waals surface area (Å²) < 4.78 is 28.5. The Bertz CT molecular complexity index is 1070. The van der Waals surface area contributed by atoms with Crippen LogP contribution in [0, 0.1) is 11.3 Å². The highest BCUT2D eigenvalue weighted by Crippen LogP contribution is 2.35. The minimum Gasteiger partial charge on any atom is -0.491 e. The Morgan fingerprint density at radius 1 is 1.38 bits per heavy atom. The number of aliphatic hydroxyl groups excluding tert-OH is 1. The van der Waals surface area contributed by atoms with Gasteiger partial charge in [-0.05, 0) is 23.8 Å². The van der Waals surface area contributed by atoms with E-state index in [9.17, 15) is 19.3 Å². The fraction of sp³-hybridized carbons (Fsp3) is 0.368. The van der Waals surface area contributed by atoms with Crippen LogP contribution in [0.5, 0.6) is 5.75 Å². The minimum atomic E-state index is -3.08. The molecule has 4 N–H and O–H groups in total. The molecule has 1 aromatic carbocycles. The van der Waals surface area contributed by atoms with Crippen LogP contribution in [0.25, 0.3) is 0 Å². The lowest BCUT2D eigenvalue weighted by molar-refractivity contribution is -0.108. The molecule has 0 spiro atoms. The van der Waals surface area contributed by atoms with Gasteiger partial charge in [0, 0.05) is 17.2 Å². The molecule has 6 atom stereocenters. The van der Waals surface area contributed by atoms with Crippen molar-refractivity contribution in [3.8, 4) is 11.8 Å². The van der Waals surface area contributed by atoms with Gasteiger partial charge in [-0.15, -0.1) is 9.42 Å². The summed E-state index contributed by atoms with van der Waals surface area (Å²) in [5, 5.41) is 19.7. The summed E-state index contributed by atoms with van der Waals surface area (Å²) in [6.45, 7) is -0.187. The summed E-state index contributed by atoms with van der Waals surface area (Å²) in [5.74, 6) is -0.197. The van der Waals surface area contributed by atoms with Crippen molar-refractivity contribution < 1.29 is 33.4 Å². The van der Waals surface area contributed by atoms with Gasteiger partial charge in [0.05, 0.1) is 12.0 Å². The van der Waals surface area contributed by atoms with Crippen molar-refractivity contribution >= 4 is 20.4 Å². The number of carbonyl (C=O) groups is 1. The standard InChI is InChI=1S/C19H19N4O8P/c20-9-12(6-8-24)11-1-3-13(4-2-11)29-10-14-17(31-32(27)28)16(25)18(30-14)23-7-5-15(21)22-19(23)26/h1-5,7-8,12,14,16-18,25H,6,10H2,(H2-,21,22,26,27,28)/p+1/t12?,14-,16-,17-,18-/m1/s1. The summed E-state index contributed by atoms with van der Waals surface area (Å²) >= 11 is 0. The van der Waals surface area contributed by atoms with Crippen molar-refractivity contribution in [3.05, 3.63) is 52.6 Å². The Morgan fingerprint density at radius 2 is 2.09 bits per heavy atom. The highest BCUT2D eigenvalue weighted by molar-refractivity contribution is 7.32. The molecule has 168 valence electrons. The van der Waals surface area contributed by atoms with E-state index in [1.807, 2.05) is 6.07 Å². The van der Waals surface area contributed by atoms with Crippen LogP contribution in [-0.4, -0.2) is 50.8 Å². The summed E-state index contributed by atoms with van der Waals surface area (Å²) in [6, 6.07) is 9.83. The number of aromatic nitrogens is 2. The van der Waals surface area contributed by atoms with Crippen molar-refractivity contribution in [1.82, 2.24) is 9.55 Å². The SMILES string of the molecule is N#CC(CC=O)c1ccc(OC[C@H]2O[C@@H](n3ccc(N)nc3=O)[C@H](O)[C@@H]2O[P+](=O)O)cc1. The third-order valence-corrected chi connectivity index (χ3v) is 5.26. The Balaban J connectivity index is 1.74. The maximum atomic E-state index is 12.1. The van der Waals surface area contributed by atoms with Crippen molar-refractivity contribution in [2.24, 2.45) is 0 Å². The van der Waals surface area contributed by atoms with Crippen LogP contribution in [0.1, 0.15) is 24.1 Å². The van der Waals surface area contributed by atoms with Crippen LogP contribution in [-0.2, 0) is 18.6 Å². The normalized spacial score (nSPS) is 23.8. The molecule has 1 aliphatic rings. The fourth-order valence-corrected chi connectivity index (χ4v) is 3.74. The predicted octanol–water partition coefficient (Wildman–Crippen LogP) is 0.394. The van der Waals surface area contributed by atoms with E-state index in [2.05, 4.69) is 4.98 Å². The second-order valence-corrected chi connectivity index (χ2v) is 7.56. The maximum Gasteiger partial charge on any atom is 0.695 e. The molecule has 0 amide bonds. The summed E-state index contributed by atoms with van der Waals surface area (Å²) in [5.41, 5.74) is 5.34. The lowest BCUT2D eigenvalue weighted by Crippen LogP contribution is -2.37. The van der Waals surface area contributed by atoms with Gasteiger partial charge in [-0.25, -0.2) is 4.79 Å². The van der Waals surface area contributed by atoms with E-state index in [4.69, 9.17) is 29.9 Å². The Morgan fingerprint density at radius 3 is 2.69 bits per heavy atom. The van der Waals surface area contributed by atoms with E-state index in [1.165, 1.54) is 12.3 Å². The van der Waals surface area contributed by atoms with Crippen LogP contribution in [0.15, 0.2) is 41.3 Å². The first-order valence-corrected chi connectivity index (χ1v) is 10.5. The predicted molar refractivity (Wildman–Crippen MR) is 108 cm³/mol. The number of hydrogen-bond acceptors (Lipinski definition) is 10. The van der Waals surface area contributed by atoms with Gasteiger partial charge in [0.1, 0.15) is 36.7 Å². The highest BCUT2D eigenvalue weighted by Gasteiger charge is 2.50. The molecule has 2 aromatic rings. The number of rotatable bonds is 9. The van der Waals surface area contributed by atoms with Crippen LogP contribution in [0.2, 0.25) is 0 Å². The topological polar surface area (TPSA) is 187 Å². The fourth-order valence-electron chi connectivity index (χ4n) is 3.27. The van der Waals surface area contributed by atoms with E-state index in [0.717, 1.165) is 4.57 Å². The molecule has 3 rings (SSSR count). The van der Waals surface area contributed by atoms with Crippen molar-refractivity contribution in [2.45, 2.75) is 36.9 Å². The molecule has 1 aromatic heterocycles. The molecule has 32 heavy (non-hydrogen) atoms. The lowest BCUT2D eigenvalue weighted by Gasteiger charge is -2.17. The van der Waals surface area contributed by atoms with E-state index < -0.39 is 44.4 Å². The number of aliphatic hydroxyl groups is 1. The van der Waals surface area contributed by atoms with Gasteiger partial charge < -0.3 is 25.1 Å². The van der Waals surface area contributed by atoms with Crippen LogP contribution >= 0.6 is 8.25 Å². The lowest BCUT2D eigenvalue weighted by atomic mass is 9.98. The first kappa shape index (κ1) is 23.5. The van der Waals surface area contributed by atoms with Crippen LogP contribution in [0.4, 0.5) is 5.82 Å². The minimum absolute atomic E-state index is 0.0138. The number of nitrogens with zero attached hydrogens (tertiary/aromatic N) is 3. The molecular weight excluding hydrogens is 443 g/mol. The smallest absolute Gasteiger partial charge is 0.491 e. The number of nitrogen functional groups attached to an aromatic ring is 1. The number of carbonyl (C=O) groups excluding carboxylic acids is 1. The van der Waals surface area contributed by atoms with Crippen molar-refractivity contribution in [1.29, 1.82) is 5.26 Å². The number of ether oxygens (including phenoxy) is 2. The Kier molecular flexibility index (Phi) is 7.63. The maximum absolute atomic E-state index is 12.1. The van der Waals surface area contributed by atoms with Crippen LogP contribution < -0.4 is 16.2 Å². The first-order valence-electron chi connectivity index (χ1n) is 9.41. The van der Waals surface area contributed by atoms with Gasteiger partial charge in [-0.2, -0.15) is 10.2 Å². The largest absolute Gasteiger partial charge is 0.695 e. The first-order chi connectivity index (χ1) is 15.3. The second-order valence-electron chi connectivity index (χ2n) is 6.87. The summed E-state index contributed by atoms with van der Waals surface area (Å²) in [7, 11) is -3.08. The molecule has 0 radical (unpaired) electrons. The zero-order chi connectivity index (χ0) is 23.3. The molecule has 0 bridgehead atoms. The zero-order valence-electron chi connectivity index (χ0n) is 16.6. The van der Waals surface area contributed by atoms with Crippen molar-refractivity contribution in [3.63, 3.8) is 0 Å². The molecule has 1 aliphatic heterocycles. The van der Waals surface area contributed by atoms with Gasteiger partial charge in [0.2, 0.25) is 0 Å². The van der Waals surface area contributed by atoms with Gasteiger partial charge >= 0.3 is 13.9 Å². The second kappa shape index (κ2) is 10.4. The van der Waals surface area contributed by atoms with Gasteiger partial charge in [0.25, 0.3) is 0 Å². The molecule has 1 fully saturated rings. The number of benzene rings is 1. The number of nitriles is 1. The number of aldehydes is 1. The zero-order valence-corrected chi connectivity index (χ0v) is 17.4. The van der Waals surface area contributed by atoms with Gasteiger partial charge in [-0.3, -0.25) is 4.57 Å². The molecular formula is C19H20N4O8P+.